The van der Waals surface area contributed by atoms with E-state index in [2.05, 4.69) is 16.9 Å². The van der Waals surface area contributed by atoms with E-state index in [0.717, 1.165) is 45.3 Å². The predicted molar refractivity (Wildman–Crippen MR) is 52.8 cm³/mol. The quantitative estimate of drug-likeness (QED) is 0.611. The summed E-state index contributed by atoms with van der Waals surface area (Å²) in [7, 11) is 0. The van der Waals surface area contributed by atoms with Crippen molar-refractivity contribution >= 4 is 0 Å². The zero-order chi connectivity index (χ0) is 9.52. The normalized spacial score (nSPS) is 19.2. The summed E-state index contributed by atoms with van der Waals surface area (Å²) >= 11 is 0. The zero-order valence-corrected chi connectivity index (χ0v) is 8.00. The molecule has 0 aliphatic carbocycles. The van der Waals surface area contributed by atoms with E-state index in [9.17, 15) is 0 Å². The molecular weight excluding hydrogens is 160 g/mol. The predicted octanol–water partition coefficient (Wildman–Crippen LogP) is 1.64. The Hall–Kier alpha value is -0.990. The number of rotatable bonds is 3. The zero-order valence-electron chi connectivity index (χ0n) is 8.00. The molecule has 1 aliphatic heterocycles. The Morgan fingerprint density at radius 3 is 2.62 bits per heavy atom. The van der Waals surface area contributed by atoms with E-state index in [-0.39, 0.29) is 0 Å². The number of hydrogen-bond donors (Lipinski definition) is 0. The second-order valence-corrected chi connectivity index (χ2v) is 3.60. The molecule has 0 aromatic rings. The van der Waals surface area contributed by atoms with Gasteiger partial charge in [0.1, 0.15) is 0 Å². The Labute approximate surface area is 80.5 Å². The third-order valence-electron chi connectivity index (χ3n) is 2.66. The van der Waals surface area contributed by atoms with Crippen LogP contribution in [0.2, 0.25) is 0 Å². The second-order valence-electron chi connectivity index (χ2n) is 3.60. The number of nitrogens with zero attached hydrogens (tertiary/aromatic N) is 2. The van der Waals surface area contributed by atoms with Crippen LogP contribution < -0.4 is 0 Å². The lowest BCUT2D eigenvalue weighted by molar-refractivity contribution is 0.190. The van der Waals surface area contributed by atoms with Gasteiger partial charge in [-0.3, -0.25) is 0 Å². The van der Waals surface area contributed by atoms with Gasteiger partial charge in [0, 0.05) is 19.4 Å². The van der Waals surface area contributed by atoms with Gasteiger partial charge in [0.05, 0.1) is 6.07 Å². The molecule has 1 aliphatic rings. The number of terminal acetylenes is 1. The molecule has 0 radical (unpaired) electrons. The first-order chi connectivity index (χ1) is 6.36. The molecule has 1 heterocycles. The van der Waals surface area contributed by atoms with Crippen LogP contribution in [0.4, 0.5) is 0 Å². The smallest absolute Gasteiger partial charge is 0.0624 e. The Bertz CT molecular complexity index is 213. The van der Waals surface area contributed by atoms with Gasteiger partial charge in [-0.15, -0.1) is 12.3 Å². The number of nitriles is 1. The van der Waals surface area contributed by atoms with Crippen LogP contribution in [0.15, 0.2) is 0 Å². The highest BCUT2D eigenvalue weighted by Gasteiger charge is 2.17. The van der Waals surface area contributed by atoms with E-state index in [1.54, 1.807) is 0 Å². The first kappa shape index (κ1) is 10.1. The molecule has 0 unspecified atom stereocenters. The Morgan fingerprint density at radius 2 is 2.08 bits per heavy atom. The first-order valence-electron chi connectivity index (χ1n) is 4.89. The van der Waals surface area contributed by atoms with Crippen LogP contribution in [-0.4, -0.2) is 24.5 Å². The topological polar surface area (TPSA) is 27.0 Å². The largest absolute Gasteiger partial charge is 0.302 e. The summed E-state index contributed by atoms with van der Waals surface area (Å²) in [5.41, 5.74) is 0. The van der Waals surface area contributed by atoms with Crippen molar-refractivity contribution in [2.24, 2.45) is 5.92 Å². The van der Waals surface area contributed by atoms with Gasteiger partial charge in [-0.25, -0.2) is 0 Å². The molecule has 2 nitrogen and oxygen atoms in total. The molecular formula is C11H16N2. The average molecular weight is 176 g/mol. The van der Waals surface area contributed by atoms with E-state index in [0.29, 0.717) is 5.92 Å². The van der Waals surface area contributed by atoms with Crippen LogP contribution in [0.25, 0.3) is 0 Å². The van der Waals surface area contributed by atoms with Crippen LogP contribution in [0.5, 0.6) is 0 Å². The lowest BCUT2D eigenvalue weighted by atomic mass is 9.94. The van der Waals surface area contributed by atoms with Crippen molar-refractivity contribution in [1.29, 1.82) is 5.26 Å². The van der Waals surface area contributed by atoms with Gasteiger partial charge >= 0.3 is 0 Å². The maximum absolute atomic E-state index is 8.54. The number of hydrogen-bond acceptors (Lipinski definition) is 2. The van der Waals surface area contributed by atoms with Gasteiger partial charge in [0.15, 0.2) is 0 Å². The maximum atomic E-state index is 8.54. The molecule has 0 N–H and O–H groups in total. The first-order valence-corrected chi connectivity index (χ1v) is 4.89. The van der Waals surface area contributed by atoms with Crippen molar-refractivity contribution in [2.75, 3.05) is 19.6 Å². The van der Waals surface area contributed by atoms with Crippen molar-refractivity contribution in [2.45, 2.75) is 25.7 Å². The van der Waals surface area contributed by atoms with E-state index in [1.165, 1.54) is 0 Å². The summed E-state index contributed by atoms with van der Waals surface area (Å²) in [5, 5.41) is 8.54. The van der Waals surface area contributed by atoms with Crippen LogP contribution in [0, 0.1) is 29.6 Å². The third kappa shape index (κ3) is 3.49. The van der Waals surface area contributed by atoms with Crippen molar-refractivity contribution in [3.05, 3.63) is 0 Å². The molecule has 0 saturated carbocycles. The minimum Gasteiger partial charge on any atom is -0.302 e. The molecule has 1 fully saturated rings. The van der Waals surface area contributed by atoms with Crippen LogP contribution >= 0.6 is 0 Å². The van der Waals surface area contributed by atoms with Crippen molar-refractivity contribution in [3.8, 4) is 18.4 Å². The molecule has 0 amide bonds. The van der Waals surface area contributed by atoms with Crippen molar-refractivity contribution in [1.82, 2.24) is 4.90 Å². The lowest BCUT2D eigenvalue weighted by Crippen LogP contribution is -2.34. The fourth-order valence-corrected chi connectivity index (χ4v) is 1.77. The molecule has 70 valence electrons. The minimum atomic E-state index is 0.632. The third-order valence-corrected chi connectivity index (χ3v) is 2.66. The SMILES string of the molecule is C#CCCN1CCC(CC#N)CC1. The summed E-state index contributed by atoms with van der Waals surface area (Å²) in [4.78, 5) is 2.40. The Kier molecular flexibility index (Phi) is 4.36. The molecule has 1 saturated heterocycles. The van der Waals surface area contributed by atoms with Gasteiger partial charge in [-0.05, 0) is 31.8 Å². The van der Waals surface area contributed by atoms with Gasteiger partial charge in [0.2, 0.25) is 0 Å². The minimum absolute atomic E-state index is 0.632. The molecule has 0 spiro atoms. The number of likely N-dealkylation sites (tertiary alicyclic amines) is 1. The lowest BCUT2D eigenvalue weighted by Gasteiger charge is -2.30. The maximum Gasteiger partial charge on any atom is 0.0624 e. The highest BCUT2D eigenvalue weighted by Crippen LogP contribution is 2.19. The summed E-state index contributed by atoms with van der Waals surface area (Å²) < 4.78 is 0. The summed E-state index contributed by atoms with van der Waals surface area (Å²) in [6.45, 7) is 3.26. The van der Waals surface area contributed by atoms with E-state index in [4.69, 9.17) is 11.7 Å². The summed E-state index contributed by atoms with van der Waals surface area (Å²) in [5.74, 6) is 3.29. The van der Waals surface area contributed by atoms with Gasteiger partial charge < -0.3 is 4.90 Å². The van der Waals surface area contributed by atoms with Crippen LogP contribution in [-0.2, 0) is 0 Å². The van der Waals surface area contributed by atoms with E-state index in [1.807, 2.05) is 0 Å². The summed E-state index contributed by atoms with van der Waals surface area (Å²) in [6, 6.07) is 2.24. The van der Waals surface area contributed by atoms with Crippen LogP contribution in [0.1, 0.15) is 25.7 Å². The molecule has 0 bridgehead atoms. The fraction of sp³-hybridized carbons (Fsp3) is 0.727. The van der Waals surface area contributed by atoms with Crippen molar-refractivity contribution < 1.29 is 0 Å². The summed E-state index contributed by atoms with van der Waals surface area (Å²) in [6.07, 6.45) is 9.11. The Balaban J connectivity index is 2.16. The van der Waals surface area contributed by atoms with E-state index >= 15 is 0 Å². The molecule has 2 heteroatoms. The molecule has 0 aromatic heterocycles. The Morgan fingerprint density at radius 1 is 1.38 bits per heavy atom. The fourth-order valence-electron chi connectivity index (χ4n) is 1.77. The van der Waals surface area contributed by atoms with Gasteiger partial charge in [-0.2, -0.15) is 5.26 Å². The second kappa shape index (κ2) is 5.62. The van der Waals surface area contributed by atoms with E-state index < -0.39 is 0 Å². The molecule has 0 atom stereocenters. The monoisotopic (exact) mass is 176 g/mol. The highest BCUT2D eigenvalue weighted by molar-refractivity contribution is 4.86. The van der Waals surface area contributed by atoms with Crippen molar-refractivity contribution in [3.63, 3.8) is 0 Å². The average Bonchev–Trinajstić information content (AvgIpc) is 2.17. The molecule has 1 rings (SSSR count). The molecule has 13 heavy (non-hydrogen) atoms. The van der Waals surface area contributed by atoms with Gasteiger partial charge in [0.25, 0.3) is 0 Å². The van der Waals surface area contributed by atoms with Crippen LogP contribution in [0.3, 0.4) is 0 Å². The molecule has 0 aromatic carbocycles. The number of piperidine rings is 1. The highest BCUT2D eigenvalue weighted by atomic mass is 15.1. The standard InChI is InChI=1S/C11H16N2/c1-2-3-8-13-9-5-11(4-7-12)6-10-13/h1,11H,3-6,8-10H2. The van der Waals surface area contributed by atoms with Gasteiger partial charge in [-0.1, -0.05) is 0 Å².